The van der Waals surface area contributed by atoms with Crippen molar-refractivity contribution in [1.82, 2.24) is 10.6 Å². The van der Waals surface area contributed by atoms with Crippen molar-refractivity contribution >= 4 is 0 Å². The molecule has 0 saturated carbocycles. The zero-order valence-electron chi connectivity index (χ0n) is 20.1. The second kappa shape index (κ2) is 17.8. The van der Waals surface area contributed by atoms with E-state index in [-0.39, 0.29) is 0 Å². The molecule has 0 aliphatic rings. The SMILES string of the molecule is NCCCCCCCNCc1cc(CCCCCNCCCN)cc(-c2ccccc2)c1. The summed E-state index contributed by atoms with van der Waals surface area (Å²) in [4.78, 5) is 0. The summed E-state index contributed by atoms with van der Waals surface area (Å²) in [5.41, 5.74) is 16.6. The van der Waals surface area contributed by atoms with Crippen molar-refractivity contribution < 1.29 is 0 Å². The highest BCUT2D eigenvalue weighted by atomic mass is 14.8. The topological polar surface area (TPSA) is 76.1 Å². The van der Waals surface area contributed by atoms with Crippen LogP contribution in [0.25, 0.3) is 11.1 Å². The van der Waals surface area contributed by atoms with E-state index in [4.69, 9.17) is 11.5 Å². The van der Waals surface area contributed by atoms with E-state index in [9.17, 15) is 0 Å². The molecule has 0 aliphatic carbocycles. The molecule has 4 nitrogen and oxygen atoms in total. The molecule has 0 radical (unpaired) electrons. The Bertz CT molecular complexity index is 664. The molecule has 0 unspecified atom stereocenters. The van der Waals surface area contributed by atoms with E-state index in [1.54, 1.807) is 0 Å². The van der Waals surface area contributed by atoms with Crippen LogP contribution in [0.15, 0.2) is 48.5 Å². The molecular weight excluding hydrogens is 392 g/mol. The maximum absolute atomic E-state index is 5.57. The first-order valence-corrected chi connectivity index (χ1v) is 12.8. The van der Waals surface area contributed by atoms with E-state index in [1.807, 2.05) is 0 Å². The average Bonchev–Trinajstić information content (AvgIpc) is 2.83. The Morgan fingerprint density at radius 2 is 1.16 bits per heavy atom. The molecule has 0 saturated heterocycles. The highest BCUT2D eigenvalue weighted by Gasteiger charge is 2.04. The third-order valence-corrected chi connectivity index (χ3v) is 5.92. The largest absolute Gasteiger partial charge is 0.330 e. The van der Waals surface area contributed by atoms with Crippen LogP contribution in [0.3, 0.4) is 0 Å². The third kappa shape index (κ3) is 11.8. The van der Waals surface area contributed by atoms with Gasteiger partial charge in [-0.15, -0.1) is 0 Å². The van der Waals surface area contributed by atoms with Crippen LogP contribution >= 0.6 is 0 Å². The summed E-state index contributed by atoms with van der Waals surface area (Å²) in [5, 5.41) is 7.14. The molecule has 178 valence electrons. The smallest absolute Gasteiger partial charge is 0.0205 e. The van der Waals surface area contributed by atoms with Gasteiger partial charge in [-0.2, -0.15) is 0 Å². The summed E-state index contributed by atoms with van der Waals surface area (Å²) in [6, 6.07) is 17.9. The number of hydrogen-bond donors (Lipinski definition) is 4. The van der Waals surface area contributed by atoms with E-state index in [0.717, 1.165) is 58.5 Å². The van der Waals surface area contributed by atoms with Crippen LogP contribution in [-0.2, 0) is 13.0 Å². The number of unbranched alkanes of at least 4 members (excludes halogenated alkanes) is 6. The quantitative estimate of drug-likeness (QED) is 0.233. The summed E-state index contributed by atoms with van der Waals surface area (Å²) >= 11 is 0. The Morgan fingerprint density at radius 3 is 1.94 bits per heavy atom. The minimum absolute atomic E-state index is 0.775. The number of hydrogen-bond acceptors (Lipinski definition) is 4. The minimum Gasteiger partial charge on any atom is -0.330 e. The van der Waals surface area contributed by atoms with Gasteiger partial charge in [-0.3, -0.25) is 0 Å². The predicted molar refractivity (Wildman–Crippen MR) is 140 cm³/mol. The Hall–Kier alpha value is -1.72. The molecule has 0 heterocycles. The Kier molecular flexibility index (Phi) is 14.8. The standard InChI is InChI=1S/C28H46N4/c29-16-9-2-1-3-10-19-32-24-26-21-25(13-6-5-11-18-31-20-12-17-30)22-28(23-26)27-14-7-4-8-15-27/h4,7-8,14-15,21-23,31-32H,1-3,5-6,9-13,16-20,24,29-30H2. The van der Waals surface area contributed by atoms with Gasteiger partial charge in [0.1, 0.15) is 0 Å². The molecule has 0 aromatic heterocycles. The lowest BCUT2D eigenvalue weighted by Gasteiger charge is -2.12. The van der Waals surface area contributed by atoms with E-state index in [0.29, 0.717) is 0 Å². The molecule has 32 heavy (non-hydrogen) atoms. The van der Waals surface area contributed by atoms with Crippen molar-refractivity contribution in [3.8, 4) is 11.1 Å². The lowest BCUT2D eigenvalue weighted by molar-refractivity contribution is 0.577. The van der Waals surface area contributed by atoms with Gasteiger partial charge < -0.3 is 22.1 Å². The summed E-state index contributed by atoms with van der Waals surface area (Å²) in [6.45, 7) is 5.78. The second-order valence-corrected chi connectivity index (χ2v) is 8.84. The van der Waals surface area contributed by atoms with Crippen molar-refractivity contribution in [2.24, 2.45) is 11.5 Å². The summed E-state index contributed by atoms with van der Waals surface area (Å²) in [5.74, 6) is 0. The lowest BCUT2D eigenvalue weighted by Crippen LogP contribution is -2.19. The monoisotopic (exact) mass is 438 g/mol. The van der Waals surface area contributed by atoms with Crippen LogP contribution in [0.5, 0.6) is 0 Å². The van der Waals surface area contributed by atoms with Crippen LogP contribution in [0, 0.1) is 0 Å². The Balaban J connectivity index is 1.81. The lowest BCUT2D eigenvalue weighted by atomic mass is 9.97. The predicted octanol–water partition coefficient (Wildman–Crippen LogP) is 5.00. The zero-order valence-corrected chi connectivity index (χ0v) is 20.1. The van der Waals surface area contributed by atoms with Crippen molar-refractivity contribution in [2.75, 3.05) is 32.7 Å². The molecule has 6 N–H and O–H groups in total. The maximum Gasteiger partial charge on any atom is 0.0205 e. The zero-order chi connectivity index (χ0) is 22.7. The van der Waals surface area contributed by atoms with Crippen LogP contribution in [-0.4, -0.2) is 32.7 Å². The van der Waals surface area contributed by atoms with Crippen molar-refractivity contribution in [1.29, 1.82) is 0 Å². The van der Waals surface area contributed by atoms with Gasteiger partial charge in [0, 0.05) is 6.54 Å². The fourth-order valence-corrected chi connectivity index (χ4v) is 4.07. The number of rotatable bonds is 19. The molecular formula is C28H46N4. The average molecular weight is 439 g/mol. The number of nitrogens with one attached hydrogen (secondary N) is 2. The first-order valence-electron chi connectivity index (χ1n) is 12.8. The van der Waals surface area contributed by atoms with Crippen LogP contribution < -0.4 is 22.1 Å². The second-order valence-electron chi connectivity index (χ2n) is 8.84. The molecule has 2 aromatic rings. The van der Waals surface area contributed by atoms with Gasteiger partial charge in [0.25, 0.3) is 0 Å². The van der Waals surface area contributed by atoms with E-state index < -0.39 is 0 Å². The van der Waals surface area contributed by atoms with Gasteiger partial charge in [0.2, 0.25) is 0 Å². The fraction of sp³-hybridized carbons (Fsp3) is 0.571. The van der Waals surface area contributed by atoms with Gasteiger partial charge in [-0.1, -0.05) is 68.1 Å². The molecule has 0 atom stereocenters. The van der Waals surface area contributed by atoms with Gasteiger partial charge in [-0.05, 0) is 99.6 Å². The normalized spacial score (nSPS) is 11.2. The Morgan fingerprint density at radius 1 is 0.531 bits per heavy atom. The number of benzene rings is 2. The molecule has 2 rings (SSSR count). The van der Waals surface area contributed by atoms with E-state index in [1.165, 1.54) is 67.2 Å². The summed E-state index contributed by atoms with van der Waals surface area (Å²) in [7, 11) is 0. The van der Waals surface area contributed by atoms with Crippen molar-refractivity contribution in [2.45, 2.75) is 70.8 Å². The summed E-state index contributed by atoms with van der Waals surface area (Å²) in [6.07, 6.45) is 12.2. The minimum atomic E-state index is 0.775. The van der Waals surface area contributed by atoms with Crippen LogP contribution in [0.1, 0.15) is 68.9 Å². The third-order valence-electron chi connectivity index (χ3n) is 5.92. The molecule has 0 spiro atoms. The maximum atomic E-state index is 5.57. The van der Waals surface area contributed by atoms with Crippen molar-refractivity contribution in [3.05, 3.63) is 59.7 Å². The first-order chi connectivity index (χ1) is 15.8. The van der Waals surface area contributed by atoms with E-state index >= 15 is 0 Å². The first kappa shape index (κ1) is 26.5. The van der Waals surface area contributed by atoms with Gasteiger partial charge in [-0.25, -0.2) is 0 Å². The molecule has 0 amide bonds. The summed E-state index contributed by atoms with van der Waals surface area (Å²) < 4.78 is 0. The molecule has 0 aliphatic heterocycles. The molecule has 0 fully saturated rings. The molecule has 0 bridgehead atoms. The Labute approximate surface area is 196 Å². The van der Waals surface area contributed by atoms with Gasteiger partial charge >= 0.3 is 0 Å². The van der Waals surface area contributed by atoms with Crippen LogP contribution in [0.2, 0.25) is 0 Å². The van der Waals surface area contributed by atoms with E-state index in [2.05, 4.69) is 59.2 Å². The number of nitrogens with two attached hydrogens (primary N) is 2. The highest BCUT2D eigenvalue weighted by molar-refractivity contribution is 5.65. The fourth-order valence-electron chi connectivity index (χ4n) is 4.07. The molecule has 4 heteroatoms. The van der Waals surface area contributed by atoms with Crippen LogP contribution in [0.4, 0.5) is 0 Å². The van der Waals surface area contributed by atoms with Gasteiger partial charge in [0.05, 0.1) is 0 Å². The number of aryl methyl sites for hydroxylation is 1. The van der Waals surface area contributed by atoms with Crippen molar-refractivity contribution in [3.63, 3.8) is 0 Å². The molecule has 2 aromatic carbocycles. The highest BCUT2D eigenvalue weighted by Crippen LogP contribution is 2.23. The van der Waals surface area contributed by atoms with Gasteiger partial charge in [0.15, 0.2) is 0 Å².